The van der Waals surface area contributed by atoms with E-state index < -0.39 is 67.5 Å². The molecule has 0 bridgehead atoms. The summed E-state index contributed by atoms with van der Waals surface area (Å²) in [5.74, 6) is -6.54. The van der Waals surface area contributed by atoms with E-state index in [1.165, 1.54) is 25.2 Å². The average Bonchev–Trinajstić information content (AvgIpc) is 3.24. The van der Waals surface area contributed by atoms with Crippen molar-refractivity contribution in [3.63, 3.8) is 0 Å². The molecule has 0 radical (unpaired) electrons. The van der Waals surface area contributed by atoms with Crippen molar-refractivity contribution in [2.75, 3.05) is 6.54 Å². The van der Waals surface area contributed by atoms with Crippen LogP contribution in [-0.4, -0.2) is 58.8 Å². The summed E-state index contributed by atoms with van der Waals surface area (Å²) in [4.78, 5) is 18.9. The Morgan fingerprint density at radius 3 is 2.50 bits per heavy atom. The van der Waals surface area contributed by atoms with E-state index in [-0.39, 0.29) is 22.7 Å². The molecule has 1 unspecified atom stereocenters. The summed E-state index contributed by atoms with van der Waals surface area (Å²) in [6.07, 6.45) is -9.23. The predicted molar refractivity (Wildman–Crippen MR) is 140 cm³/mol. The first-order valence-electron chi connectivity index (χ1n) is 12.6. The molecular weight excluding hydrogens is 594 g/mol. The molecule has 1 aliphatic heterocycles. The number of aromatic nitrogens is 1. The van der Waals surface area contributed by atoms with E-state index in [1.807, 2.05) is 0 Å². The summed E-state index contributed by atoms with van der Waals surface area (Å²) in [6.45, 7) is 0.285. The van der Waals surface area contributed by atoms with Crippen molar-refractivity contribution in [1.82, 2.24) is 15.1 Å². The van der Waals surface area contributed by atoms with Gasteiger partial charge in [-0.3, -0.25) is 9.78 Å². The van der Waals surface area contributed by atoms with Crippen molar-refractivity contribution >= 4 is 24.6 Å². The standard InChI is InChI=1S/C27H24BClF7N3O3/c1-28(41)39-15-25(33,34)13-21(39)23(40)38-26(12-16-5-3-2-4-6-16,22-8-7-18(29)14-37-22)17-9-19(30)11-20(10-17)42-27(35,36)24(31)32/h2-11,14,21,24,41H,12-13,15H2,1H3,(H,38,40)/t21?,26-/m0/s1. The fourth-order valence-electron chi connectivity index (χ4n) is 4.89. The Labute approximate surface area is 241 Å². The Morgan fingerprint density at radius 1 is 1.21 bits per heavy atom. The molecule has 2 aromatic carbocycles. The third kappa shape index (κ3) is 6.98. The number of pyridine rings is 1. The van der Waals surface area contributed by atoms with Gasteiger partial charge in [0.2, 0.25) is 5.91 Å². The molecule has 1 fully saturated rings. The van der Waals surface area contributed by atoms with E-state index in [9.17, 15) is 40.6 Å². The molecular formula is C27H24BClF7N3O3. The Morgan fingerprint density at radius 2 is 1.90 bits per heavy atom. The lowest BCUT2D eigenvalue weighted by Crippen LogP contribution is -2.56. The van der Waals surface area contributed by atoms with E-state index in [2.05, 4.69) is 15.0 Å². The van der Waals surface area contributed by atoms with Crippen LogP contribution in [0.3, 0.4) is 0 Å². The van der Waals surface area contributed by atoms with Gasteiger partial charge in [-0.25, -0.2) is 13.2 Å². The molecule has 4 rings (SSSR count). The molecule has 15 heteroatoms. The molecule has 6 nitrogen and oxygen atoms in total. The first-order valence-corrected chi connectivity index (χ1v) is 13.0. The van der Waals surface area contributed by atoms with Gasteiger partial charge in [-0.15, -0.1) is 0 Å². The number of nitrogens with one attached hydrogen (secondary N) is 1. The smallest absolute Gasteiger partial charge is 0.437 e. The molecule has 42 heavy (non-hydrogen) atoms. The minimum Gasteiger partial charge on any atom is -0.437 e. The SMILES string of the molecule is CB(O)N1CC(F)(F)CC1C(=O)N[C@@](Cc1ccccc1)(c1cc(F)cc(OC(F)(F)C(F)F)c1)c1ccc(Cl)cn1. The highest BCUT2D eigenvalue weighted by Gasteiger charge is 2.52. The second kappa shape index (κ2) is 12.1. The van der Waals surface area contributed by atoms with Gasteiger partial charge in [0.15, 0.2) is 0 Å². The Bertz CT molecular complexity index is 1400. The van der Waals surface area contributed by atoms with Gasteiger partial charge in [-0.1, -0.05) is 41.9 Å². The molecule has 1 aromatic heterocycles. The van der Waals surface area contributed by atoms with Crippen molar-refractivity contribution in [3.05, 3.63) is 94.5 Å². The van der Waals surface area contributed by atoms with Gasteiger partial charge in [-0.2, -0.15) is 17.6 Å². The van der Waals surface area contributed by atoms with E-state index in [1.54, 1.807) is 30.3 Å². The maximum absolute atomic E-state index is 15.0. The third-order valence-corrected chi connectivity index (χ3v) is 7.00. The fraction of sp³-hybridized carbons (Fsp3) is 0.333. The van der Waals surface area contributed by atoms with E-state index in [0.29, 0.717) is 11.6 Å². The molecule has 3 aromatic rings. The molecule has 2 heterocycles. The van der Waals surface area contributed by atoms with Crippen LogP contribution in [-0.2, 0) is 16.8 Å². The van der Waals surface area contributed by atoms with Crippen LogP contribution in [0.4, 0.5) is 30.7 Å². The minimum atomic E-state index is -4.98. The van der Waals surface area contributed by atoms with Crippen molar-refractivity contribution < 1.29 is 45.3 Å². The second-order valence-electron chi connectivity index (χ2n) is 9.94. The number of amides is 1. The number of carbonyl (C=O) groups is 1. The highest BCUT2D eigenvalue weighted by molar-refractivity contribution is 6.46. The molecule has 0 spiro atoms. The minimum absolute atomic E-state index is 0.0189. The number of halogens is 8. The zero-order chi connectivity index (χ0) is 30.9. The van der Waals surface area contributed by atoms with Crippen molar-refractivity contribution in [2.45, 2.75) is 49.7 Å². The van der Waals surface area contributed by atoms with Crippen LogP contribution in [0.1, 0.15) is 23.2 Å². The highest BCUT2D eigenvalue weighted by atomic mass is 35.5. The number of rotatable bonds is 10. The second-order valence-corrected chi connectivity index (χ2v) is 10.4. The largest absolute Gasteiger partial charge is 0.461 e. The number of hydrogen-bond donors (Lipinski definition) is 2. The van der Waals surface area contributed by atoms with Gasteiger partial charge in [-0.05, 0) is 42.2 Å². The summed E-state index contributed by atoms with van der Waals surface area (Å²) in [7, 11) is -1.45. The first-order chi connectivity index (χ1) is 19.6. The summed E-state index contributed by atoms with van der Waals surface area (Å²) in [5, 5.41) is 12.9. The molecule has 2 N–H and O–H groups in total. The van der Waals surface area contributed by atoms with Crippen molar-refractivity contribution in [1.29, 1.82) is 0 Å². The van der Waals surface area contributed by atoms with Gasteiger partial charge >= 0.3 is 19.6 Å². The summed E-state index contributed by atoms with van der Waals surface area (Å²) in [5.41, 5.74) is -1.76. The number of benzene rings is 2. The van der Waals surface area contributed by atoms with E-state index in [0.717, 1.165) is 16.9 Å². The van der Waals surface area contributed by atoms with Gasteiger partial charge in [0.1, 0.15) is 17.1 Å². The Balaban J connectivity index is 1.92. The molecule has 224 valence electrons. The zero-order valence-electron chi connectivity index (χ0n) is 21.9. The molecule has 0 aliphatic carbocycles. The van der Waals surface area contributed by atoms with Crippen LogP contribution >= 0.6 is 11.6 Å². The number of hydrogen-bond acceptors (Lipinski definition) is 5. The predicted octanol–water partition coefficient (Wildman–Crippen LogP) is 5.53. The zero-order valence-corrected chi connectivity index (χ0v) is 22.6. The normalized spacial score (nSPS) is 18.5. The Hall–Kier alpha value is -3.36. The molecule has 0 saturated carbocycles. The van der Waals surface area contributed by atoms with Crippen molar-refractivity contribution in [3.8, 4) is 5.75 Å². The lowest BCUT2D eigenvalue weighted by Gasteiger charge is -2.37. The molecule has 2 atom stereocenters. The fourth-order valence-corrected chi connectivity index (χ4v) is 5.00. The van der Waals surface area contributed by atoms with Crippen molar-refractivity contribution in [2.24, 2.45) is 0 Å². The lowest BCUT2D eigenvalue weighted by atomic mass is 9.79. The number of carbonyl (C=O) groups excluding carboxylic acids is 1. The number of ether oxygens (including phenoxy) is 1. The quantitative estimate of drug-likeness (QED) is 0.231. The van der Waals surface area contributed by atoms with Crippen LogP contribution in [0, 0.1) is 5.82 Å². The highest BCUT2D eigenvalue weighted by Crippen LogP contribution is 2.39. The van der Waals surface area contributed by atoms with Crippen LogP contribution in [0.5, 0.6) is 5.75 Å². The molecule has 1 saturated heterocycles. The summed E-state index contributed by atoms with van der Waals surface area (Å²) < 4.78 is 101. The number of nitrogens with zero attached hydrogens (tertiary/aromatic N) is 2. The topological polar surface area (TPSA) is 74.7 Å². The van der Waals surface area contributed by atoms with Gasteiger partial charge in [0.05, 0.1) is 23.3 Å². The van der Waals surface area contributed by atoms with E-state index >= 15 is 0 Å². The monoisotopic (exact) mass is 617 g/mol. The Kier molecular flexibility index (Phi) is 9.09. The maximum Gasteiger partial charge on any atom is 0.461 e. The molecule has 1 amide bonds. The van der Waals surface area contributed by atoms with Gasteiger partial charge < -0.3 is 19.9 Å². The first kappa shape index (κ1) is 31.6. The lowest BCUT2D eigenvalue weighted by molar-refractivity contribution is -0.253. The third-order valence-electron chi connectivity index (χ3n) is 6.77. The molecule has 1 aliphatic rings. The van der Waals surface area contributed by atoms with Crippen LogP contribution < -0.4 is 10.1 Å². The van der Waals surface area contributed by atoms with Crippen LogP contribution in [0.2, 0.25) is 11.8 Å². The summed E-state index contributed by atoms with van der Waals surface area (Å²) in [6, 6.07) is 11.5. The van der Waals surface area contributed by atoms with Crippen LogP contribution in [0.15, 0.2) is 66.9 Å². The van der Waals surface area contributed by atoms with Crippen LogP contribution in [0.25, 0.3) is 0 Å². The average molecular weight is 618 g/mol. The summed E-state index contributed by atoms with van der Waals surface area (Å²) >= 11 is 6.01. The van der Waals surface area contributed by atoms with Gasteiger partial charge in [0, 0.05) is 25.1 Å². The van der Waals surface area contributed by atoms with Gasteiger partial charge in [0.25, 0.3) is 5.92 Å². The number of alkyl halides is 6. The maximum atomic E-state index is 15.0. The van der Waals surface area contributed by atoms with E-state index in [4.69, 9.17) is 11.6 Å².